The lowest BCUT2D eigenvalue weighted by molar-refractivity contribution is 0.237. The molecular formula is C16H25NO2. The van der Waals surface area contributed by atoms with Gasteiger partial charge in [0.15, 0.2) is 11.5 Å². The summed E-state index contributed by atoms with van der Waals surface area (Å²) in [7, 11) is 1.66. The number of ether oxygens (including phenoxy) is 2. The molecule has 0 aromatic heterocycles. The van der Waals surface area contributed by atoms with Gasteiger partial charge in [0.1, 0.15) is 0 Å². The lowest BCUT2D eigenvalue weighted by Crippen LogP contribution is -2.33. The summed E-state index contributed by atoms with van der Waals surface area (Å²) in [6.45, 7) is 0.665. The summed E-state index contributed by atoms with van der Waals surface area (Å²) in [6.07, 6.45) is 7.55. The fourth-order valence-electron chi connectivity index (χ4n) is 2.84. The predicted octanol–water partition coefficient (Wildman–Crippen LogP) is 3.37. The molecular weight excluding hydrogens is 238 g/mol. The van der Waals surface area contributed by atoms with Gasteiger partial charge in [0.25, 0.3) is 0 Å². The molecule has 1 saturated carbocycles. The summed E-state index contributed by atoms with van der Waals surface area (Å²) in [5, 5.41) is 0. The number of methoxy groups -OCH3 is 1. The van der Waals surface area contributed by atoms with Crippen LogP contribution in [0, 0.1) is 5.92 Å². The Balaban J connectivity index is 1.76. The minimum absolute atomic E-state index is 0.273. The quantitative estimate of drug-likeness (QED) is 0.855. The lowest BCUT2D eigenvalue weighted by Gasteiger charge is -2.27. The number of para-hydroxylation sites is 2. The fourth-order valence-corrected chi connectivity index (χ4v) is 2.84. The minimum Gasteiger partial charge on any atom is -0.493 e. The Kier molecular flexibility index (Phi) is 5.52. The van der Waals surface area contributed by atoms with Crippen LogP contribution in [0.4, 0.5) is 0 Å². The Morgan fingerprint density at radius 3 is 2.53 bits per heavy atom. The van der Waals surface area contributed by atoms with Crippen molar-refractivity contribution in [3.05, 3.63) is 24.3 Å². The van der Waals surface area contributed by atoms with Gasteiger partial charge in [-0.2, -0.15) is 0 Å². The first-order valence-electron chi connectivity index (χ1n) is 7.32. The van der Waals surface area contributed by atoms with E-state index in [2.05, 4.69) is 0 Å². The second-order valence-corrected chi connectivity index (χ2v) is 5.35. The second kappa shape index (κ2) is 7.39. The second-order valence-electron chi connectivity index (χ2n) is 5.35. The average molecular weight is 263 g/mol. The Morgan fingerprint density at radius 1 is 1.16 bits per heavy atom. The third-order valence-corrected chi connectivity index (χ3v) is 4.03. The Bertz CT molecular complexity index is 375. The van der Waals surface area contributed by atoms with E-state index in [4.69, 9.17) is 15.2 Å². The molecule has 0 bridgehead atoms. The molecule has 0 saturated heterocycles. The summed E-state index contributed by atoms with van der Waals surface area (Å²) in [4.78, 5) is 0. The normalized spacial score (nSPS) is 18.0. The molecule has 106 valence electrons. The van der Waals surface area contributed by atoms with Crippen molar-refractivity contribution in [2.45, 2.75) is 44.6 Å². The topological polar surface area (TPSA) is 44.5 Å². The highest BCUT2D eigenvalue weighted by atomic mass is 16.5. The molecule has 1 aliphatic rings. The van der Waals surface area contributed by atoms with Gasteiger partial charge in [-0.25, -0.2) is 0 Å². The van der Waals surface area contributed by atoms with Crippen molar-refractivity contribution >= 4 is 0 Å². The van der Waals surface area contributed by atoms with Gasteiger partial charge in [-0.3, -0.25) is 0 Å². The fraction of sp³-hybridized carbons (Fsp3) is 0.625. The average Bonchev–Trinajstić information content (AvgIpc) is 2.48. The molecule has 0 amide bonds. The van der Waals surface area contributed by atoms with E-state index in [9.17, 15) is 0 Å². The molecule has 1 aromatic carbocycles. The van der Waals surface area contributed by atoms with E-state index >= 15 is 0 Å². The van der Waals surface area contributed by atoms with Crippen LogP contribution in [0.25, 0.3) is 0 Å². The van der Waals surface area contributed by atoms with Crippen LogP contribution < -0.4 is 15.2 Å². The zero-order valence-electron chi connectivity index (χ0n) is 11.8. The SMILES string of the molecule is COc1ccccc1OCCC(N)C1CCCCC1. The maximum Gasteiger partial charge on any atom is 0.161 e. The van der Waals surface area contributed by atoms with Crippen LogP contribution in [0.2, 0.25) is 0 Å². The summed E-state index contributed by atoms with van der Waals surface area (Å²) >= 11 is 0. The molecule has 1 aliphatic carbocycles. The maximum atomic E-state index is 6.27. The van der Waals surface area contributed by atoms with Gasteiger partial charge in [0.05, 0.1) is 13.7 Å². The molecule has 1 fully saturated rings. The van der Waals surface area contributed by atoms with E-state index in [1.807, 2.05) is 24.3 Å². The summed E-state index contributed by atoms with van der Waals surface area (Å²) < 4.78 is 11.0. The van der Waals surface area contributed by atoms with Crippen molar-refractivity contribution in [1.82, 2.24) is 0 Å². The van der Waals surface area contributed by atoms with Gasteiger partial charge in [0.2, 0.25) is 0 Å². The molecule has 19 heavy (non-hydrogen) atoms. The first kappa shape index (κ1) is 14.2. The van der Waals surface area contributed by atoms with Gasteiger partial charge >= 0.3 is 0 Å². The van der Waals surface area contributed by atoms with E-state index < -0.39 is 0 Å². The monoisotopic (exact) mass is 263 g/mol. The Hall–Kier alpha value is -1.22. The van der Waals surface area contributed by atoms with Crippen LogP contribution in [-0.4, -0.2) is 19.8 Å². The highest BCUT2D eigenvalue weighted by molar-refractivity contribution is 5.39. The van der Waals surface area contributed by atoms with E-state index in [1.54, 1.807) is 7.11 Å². The number of hydrogen-bond donors (Lipinski definition) is 1. The summed E-state index contributed by atoms with van der Waals surface area (Å²) in [6, 6.07) is 8.02. The first-order valence-corrected chi connectivity index (χ1v) is 7.32. The third-order valence-electron chi connectivity index (χ3n) is 4.03. The van der Waals surface area contributed by atoms with E-state index in [0.29, 0.717) is 12.5 Å². The highest BCUT2D eigenvalue weighted by Crippen LogP contribution is 2.28. The number of hydrogen-bond acceptors (Lipinski definition) is 3. The van der Waals surface area contributed by atoms with Gasteiger partial charge in [-0.1, -0.05) is 31.4 Å². The van der Waals surface area contributed by atoms with Crippen LogP contribution in [0.15, 0.2) is 24.3 Å². The van der Waals surface area contributed by atoms with Crippen LogP contribution in [0.1, 0.15) is 38.5 Å². The van der Waals surface area contributed by atoms with Crippen LogP contribution in [0.3, 0.4) is 0 Å². The number of benzene rings is 1. The Morgan fingerprint density at radius 2 is 1.84 bits per heavy atom. The van der Waals surface area contributed by atoms with Crippen molar-refractivity contribution in [2.24, 2.45) is 11.7 Å². The highest BCUT2D eigenvalue weighted by Gasteiger charge is 2.20. The maximum absolute atomic E-state index is 6.27. The Labute approximate surface area is 116 Å². The molecule has 2 N–H and O–H groups in total. The molecule has 2 rings (SSSR count). The molecule has 0 aliphatic heterocycles. The van der Waals surface area contributed by atoms with Crippen molar-refractivity contribution in [3.8, 4) is 11.5 Å². The largest absolute Gasteiger partial charge is 0.493 e. The van der Waals surface area contributed by atoms with Crippen molar-refractivity contribution in [1.29, 1.82) is 0 Å². The lowest BCUT2D eigenvalue weighted by atomic mass is 9.83. The van der Waals surface area contributed by atoms with Gasteiger partial charge < -0.3 is 15.2 Å². The van der Waals surface area contributed by atoms with Gasteiger partial charge in [-0.05, 0) is 37.3 Å². The summed E-state index contributed by atoms with van der Waals surface area (Å²) in [5.41, 5.74) is 6.27. The zero-order valence-corrected chi connectivity index (χ0v) is 11.8. The van der Waals surface area contributed by atoms with Crippen LogP contribution in [0.5, 0.6) is 11.5 Å². The molecule has 1 unspecified atom stereocenters. The molecule has 1 aromatic rings. The third kappa shape index (κ3) is 4.13. The molecule has 0 heterocycles. The van der Waals surface area contributed by atoms with Crippen molar-refractivity contribution in [3.63, 3.8) is 0 Å². The number of rotatable bonds is 6. The van der Waals surface area contributed by atoms with Crippen molar-refractivity contribution in [2.75, 3.05) is 13.7 Å². The zero-order chi connectivity index (χ0) is 13.5. The van der Waals surface area contributed by atoms with E-state index in [-0.39, 0.29) is 6.04 Å². The number of nitrogens with two attached hydrogens (primary N) is 1. The van der Waals surface area contributed by atoms with E-state index in [1.165, 1.54) is 32.1 Å². The molecule has 0 spiro atoms. The molecule has 3 nitrogen and oxygen atoms in total. The van der Waals surface area contributed by atoms with Gasteiger partial charge in [-0.15, -0.1) is 0 Å². The van der Waals surface area contributed by atoms with Crippen molar-refractivity contribution < 1.29 is 9.47 Å². The predicted molar refractivity (Wildman–Crippen MR) is 77.7 cm³/mol. The van der Waals surface area contributed by atoms with Crippen LogP contribution in [-0.2, 0) is 0 Å². The summed E-state index contributed by atoms with van der Waals surface area (Å²) in [5.74, 6) is 2.28. The van der Waals surface area contributed by atoms with E-state index in [0.717, 1.165) is 17.9 Å². The molecule has 1 atom stereocenters. The minimum atomic E-state index is 0.273. The van der Waals surface area contributed by atoms with Crippen LogP contribution >= 0.6 is 0 Å². The smallest absolute Gasteiger partial charge is 0.161 e. The first-order chi connectivity index (χ1) is 9.31. The molecule has 0 radical (unpaired) electrons. The standard InChI is InChI=1S/C16H25NO2/c1-18-15-9-5-6-10-16(15)19-12-11-14(17)13-7-3-2-4-8-13/h5-6,9-10,13-14H,2-4,7-8,11-12,17H2,1H3. The molecule has 3 heteroatoms. The van der Waals surface area contributed by atoms with Gasteiger partial charge in [0, 0.05) is 6.04 Å².